The van der Waals surface area contributed by atoms with Crippen LogP contribution in [0, 0.1) is 0 Å². The zero-order valence-electron chi connectivity index (χ0n) is 15.6. The van der Waals surface area contributed by atoms with Crippen LogP contribution in [-0.2, 0) is 14.9 Å². The van der Waals surface area contributed by atoms with E-state index in [0.29, 0.717) is 43.7 Å². The smallest absolute Gasteiger partial charge is 0.230 e. The summed E-state index contributed by atoms with van der Waals surface area (Å²) in [7, 11) is 0. The molecule has 3 rings (SSSR count). The molecule has 1 saturated heterocycles. The van der Waals surface area contributed by atoms with Crippen molar-refractivity contribution in [3.63, 3.8) is 0 Å². The summed E-state index contributed by atoms with van der Waals surface area (Å²) in [4.78, 5) is 13.1. The Kier molecular flexibility index (Phi) is 7.35. The normalized spacial score (nSPS) is 21.1. The standard InChI is InChI=1S/C21H31ClN2O2/c22-18-7-5-6-17(16-18)21(10-14-26-15-11-21)20(25)24-13-12-23-19-8-3-1-2-4-9-19/h5-7,16,19,23H,1-4,8-15H2,(H,24,25). The molecule has 4 nitrogen and oxygen atoms in total. The molecule has 1 aliphatic carbocycles. The second-order valence-electron chi connectivity index (χ2n) is 7.60. The molecular weight excluding hydrogens is 348 g/mol. The first-order chi connectivity index (χ1) is 12.7. The van der Waals surface area contributed by atoms with Crippen LogP contribution in [0.2, 0.25) is 5.02 Å². The van der Waals surface area contributed by atoms with Gasteiger partial charge in [-0.15, -0.1) is 0 Å². The zero-order valence-corrected chi connectivity index (χ0v) is 16.3. The van der Waals surface area contributed by atoms with E-state index in [1.807, 2.05) is 24.3 Å². The molecule has 0 bridgehead atoms. The quantitative estimate of drug-likeness (QED) is 0.584. The average molecular weight is 379 g/mol. The molecular formula is C21H31ClN2O2. The molecule has 0 spiro atoms. The number of halogens is 1. The SMILES string of the molecule is O=C(NCCNC1CCCCCC1)C1(c2cccc(Cl)c2)CCOCC1. The highest BCUT2D eigenvalue weighted by molar-refractivity contribution is 6.30. The molecule has 26 heavy (non-hydrogen) atoms. The van der Waals surface area contributed by atoms with Crippen molar-refractivity contribution in [1.29, 1.82) is 0 Å². The molecule has 2 aliphatic rings. The van der Waals surface area contributed by atoms with Gasteiger partial charge in [0.1, 0.15) is 0 Å². The van der Waals surface area contributed by atoms with E-state index in [0.717, 1.165) is 12.1 Å². The largest absolute Gasteiger partial charge is 0.381 e. The average Bonchev–Trinajstić information content (AvgIpc) is 2.94. The van der Waals surface area contributed by atoms with Crippen molar-refractivity contribution < 1.29 is 9.53 Å². The van der Waals surface area contributed by atoms with Crippen molar-refractivity contribution in [3.05, 3.63) is 34.9 Å². The first-order valence-corrected chi connectivity index (χ1v) is 10.4. The Bertz CT molecular complexity index is 579. The summed E-state index contributed by atoms with van der Waals surface area (Å²) in [6.45, 7) is 2.72. The minimum atomic E-state index is -0.522. The Morgan fingerprint density at radius 3 is 2.54 bits per heavy atom. The Hall–Kier alpha value is -1.10. The number of carbonyl (C=O) groups excluding carboxylic acids is 1. The minimum Gasteiger partial charge on any atom is -0.381 e. The lowest BCUT2D eigenvalue weighted by molar-refractivity contribution is -0.130. The predicted octanol–water partition coefficient (Wildman–Crippen LogP) is 3.82. The van der Waals surface area contributed by atoms with Gasteiger partial charge >= 0.3 is 0 Å². The van der Waals surface area contributed by atoms with E-state index in [1.165, 1.54) is 38.5 Å². The van der Waals surface area contributed by atoms with Crippen LogP contribution < -0.4 is 10.6 Å². The topological polar surface area (TPSA) is 50.4 Å². The van der Waals surface area contributed by atoms with Crippen LogP contribution in [0.15, 0.2) is 24.3 Å². The van der Waals surface area contributed by atoms with E-state index in [1.54, 1.807) is 0 Å². The van der Waals surface area contributed by atoms with Crippen molar-refractivity contribution in [2.45, 2.75) is 62.8 Å². The molecule has 5 heteroatoms. The van der Waals surface area contributed by atoms with Crippen molar-refractivity contribution in [2.24, 2.45) is 0 Å². The fraction of sp³-hybridized carbons (Fsp3) is 0.667. The third-order valence-electron chi connectivity index (χ3n) is 5.86. The number of rotatable bonds is 6. The molecule has 1 aromatic rings. The van der Waals surface area contributed by atoms with Gasteiger partial charge in [-0.3, -0.25) is 4.79 Å². The third-order valence-corrected chi connectivity index (χ3v) is 6.09. The molecule has 144 valence electrons. The molecule has 1 amide bonds. The fourth-order valence-electron chi connectivity index (χ4n) is 4.26. The molecule has 0 unspecified atom stereocenters. The zero-order chi connectivity index (χ0) is 18.2. The van der Waals surface area contributed by atoms with E-state index >= 15 is 0 Å². The van der Waals surface area contributed by atoms with Crippen LogP contribution in [0.5, 0.6) is 0 Å². The second kappa shape index (κ2) is 9.72. The van der Waals surface area contributed by atoms with Crippen molar-refractivity contribution in [2.75, 3.05) is 26.3 Å². The van der Waals surface area contributed by atoms with Gasteiger partial charge in [-0.05, 0) is 43.4 Å². The second-order valence-corrected chi connectivity index (χ2v) is 8.04. The van der Waals surface area contributed by atoms with Crippen LogP contribution in [0.1, 0.15) is 56.9 Å². The monoisotopic (exact) mass is 378 g/mol. The highest BCUT2D eigenvalue weighted by Crippen LogP contribution is 2.36. The minimum absolute atomic E-state index is 0.103. The number of carbonyl (C=O) groups is 1. The van der Waals surface area contributed by atoms with Crippen LogP contribution in [0.4, 0.5) is 0 Å². The predicted molar refractivity (Wildman–Crippen MR) is 106 cm³/mol. The fourth-order valence-corrected chi connectivity index (χ4v) is 4.45. The molecule has 0 atom stereocenters. The van der Waals surface area contributed by atoms with Gasteiger partial charge in [0.15, 0.2) is 0 Å². The van der Waals surface area contributed by atoms with Crippen molar-refractivity contribution in [1.82, 2.24) is 10.6 Å². The van der Waals surface area contributed by atoms with E-state index < -0.39 is 5.41 Å². The van der Waals surface area contributed by atoms with Crippen LogP contribution >= 0.6 is 11.6 Å². The summed E-state index contributed by atoms with van der Waals surface area (Å²) in [5.41, 5.74) is 0.480. The van der Waals surface area contributed by atoms with E-state index in [9.17, 15) is 4.79 Å². The summed E-state index contributed by atoms with van der Waals surface area (Å²) in [6.07, 6.45) is 9.29. The van der Waals surface area contributed by atoms with Gasteiger partial charge in [0, 0.05) is 37.4 Å². The van der Waals surface area contributed by atoms with E-state index in [-0.39, 0.29) is 5.91 Å². The van der Waals surface area contributed by atoms with E-state index in [4.69, 9.17) is 16.3 Å². The van der Waals surface area contributed by atoms with Crippen LogP contribution in [0.25, 0.3) is 0 Å². The molecule has 0 aromatic heterocycles. The third kappa shape index (κ3) is 4.99. The van der Waals surface area contributed by atoms with Gasteiger partial charge in [0.05, 0.1) is 5.41 Å². The lowest BCUT2D eigenvalue weighted by Crippen LogP contribution is -2.49. The molecule has 2 N–H and O–H groups in total. The summed E-state index contributed by atoms with van der Waals surface area (Å²) in [6, 6.07) is 8.33. The van der Waals surface area contributed by atoms with Crippen molar-refractivity contribution in [3.8, 4) is 0 Å². The maximum Gasteiger partial charge on any atom is 0.230 e. The molecule has 0 radical (unpaired) electrons. The summed E-state index contributed by atoms with van der Waals surface area (Å²) < 4.78 is 5.52. The number of hydrogen-bond donors (Lipinski definition) is 2. The highest BCUT2D eigenvalue weighted by atomic mass is 35.5. The summed E-state index contributed by atoms with van der Waals surface area (Å²) in [5.74, 6) is 0.103. The number of nitrogens with one attached hydrogen (secondary N) is 2. The van der Waals surface area contributed by atoms with Crippen molar-refractivity contribution >= 4 is 17.5 Å². The van der Waals surface area contributed by atoms with Crippen LogP contribution in [-0.4, -0.2) is 38.3 Å². The first kappa shape index (κ1) is 19.7. The van der Waals surface area contributed by atoms with Crippen LogP contribution in [0.3, 0.4) is 0 Å². The van der Waals surface area contributed by atoms with Gasteiger partial charge in [-0.1, -0.05) is 49.4 Å². The first-order valence-electron chi connectivity index (χ1n) is 10.1. The molecule has 1 heterocycles. The number of hydrogen-bond acceptors (Lipinski definition) is 3. The lowest BCUT2D eigenvalue weighted by Gasteiger charge is -2.36. The lowest BCUT2D eigenvalue weighted by atomic mass is 9.73. The van der Waals surface area contributed by atoms with Gasteiger partial charge < -0.3 is 15.4 Å². The molecule has 1 aliphatic heterocycles. The molecule has 2 fully saturated rings. The summed E-state index contributed by atoms with van der Waals surface area (Å²) >= 11 is 6.18. The molecule has 1 aromatic carbocycles. The van der Waals surface area contributed by atoms with Gasteiger partial charge in [0.25, 0.3) is 0 Å². The van der Waals surface area contributed by atoms with Gasteiger partial charge in [0.2, 0.25) is 5.91 Å². The highest BCUT2D eigenvalue weighted by Gasteiger charge is 2.41. The Morgan fingerprint density at radius 2 is 1.85 bits per heavy atom. The summed E-state index contributed by atoms with van der Waals surface area (Å²) in [5, 5.41) is 7.46. The number of amides is 1. The Morgan fingerprint density at radius 1 is 1.12 bits per heavy atom. The van der Waals surface area contributed by atoms with Gasteiger partial charge in [-0.2, -0.15) is 0 Å². The number of ether oxygens (including phenoxy) is 1. The van der Waals surface area contributed by atoms with Gasteiger partial charge in [-0.25, -0.2) is 0 Å². The molecule has 1 saturated carbocycles. The Labute approximate surface area is 162 Å². The maximum absolute atomic E-state index is 13.1. The Balaban J connectivity index is 1.56. The van der Waals surface area contributed by atoms with E-state index in [2.05, 4.69) is 10.6 Å². The maximum atomic E-state index is 13.1. The number of benzene rings is 1.